The third-order valence-electron chi connectivity index (χ3n) is 4.22. The Bertz CT molecular complexity index is 529. The summed E-state index contributed by atoms with van der Waals surface area (Å²) in [6.45, 7) is -0.0472. The number of Topliss-reactive ketones (excluding diaryl/α,β-unsaturated/α-hetero) is 1. The Balaban J connectivity index is 1.90. The number of phenols is 2. The van der Waals surface area contributed by atoms with Crippen LogP contribution in [0.15, 0.2) is 18.2 Å². The fourth-order valence-electron chi connectivity index (χ4n) is 2.95. The van der Waals surface area contributed by atoms with Crippen molar-refractivity contribution in [2.24, 2.45) is 5.92 Å². The van der Waals surface area contributed by atoms with E-state index in [1.807, 2.05) is 0 Å². The minimum Gasteiger partial charge on any atom is -0.508 e. The molecule has 1 aliphatic carbocycles. The molecule has 1 aromatic carbocycles. The predicted molar refractivity (Wildman–Crippen MR) is 82.9 cm³/mol. The number of hydrogen-bond donors (Lipinski definition) is 2. The molecule has 0 aromatic heterocycles. The van der Waals surface area contributed by atoms with Crippen molar-refractivity contribution in [1.82, 2.24) is 4.90 Å². The SMILES string of the molecule is CN(CC(=O)c1cc(O)cc(O)c1)C(=O)CC1CCCCC1. The number of amides is 1. The Hall–Kier alpha value is -2.04. The molecule has 0 aliphatic heterocycles. The van der Waals surface area contributed by atoms with Crippen LogP contribution < -0.4 is 0 Å². The highest BCUT2D eigenvalue weighted by atomic mass is 16.3. The van der Waals surface area contributed by atoms with E-state index < -0.39 is 0 Å². The van der Waals surface area contributed by atoms with Gasteiger partial charge in [0.25, 0.3) is 0 Å². The topological polar surface area (TPSA) is 77.8 Å². The van der Waals surface area contributed by atoms with E-state index >= 15 is 0 Å². The van der Waals surface area contributed by atoms with Crippen LogP contribution in [0.5, 0.6) is 11.5 Å². The summed E-state index contributed by atoms with van der Waals surface area (Å²) in [6, 6.07) is 3.75. The molecule has 1 saturated carbocycles. The van der Waals surface area contributed by atoms with Crippen LogP contribution in [-0.2, 0) is 4.79 Å². The first-order valence-corrected chi connectivity index (χ1v) is 7.76. The number of carbonyl (C=O) groups excluding carboxylic acids is 2. The minimum absolute atomic E-state index is 0.0235. The summed E-state index contributed by atoms with van der Waals surface area (Å²) in [4.78, 5) is 25.8. The highest BCUT2D eigenvalue weighted by Crippen LogP contribution is 2.27. The van der Waals surface area contributed by atoms with Crippen LogP contribution in [-0.4, -0.2) is 40.4 Å². The van der Waals surface area contributed by atoms with E-state index in [1.54, 1.807) is 7.05 Å². The summed E-state index contributed by atoms with van der Waals surface area (Å²) in [5, 5.41) is 18.8. The number of hydrogen-bond acceptors (Lipinski definition) is 4. The van der Waals surface area contributed by atoms with Crippen LogP contribution in [0.2, 0.25) is 0 Å². The van der Waals surface area contributed by atoms with Gasteiger partial charge in [0.15, 0.2) is 5.78 Å². The van der Waals surface area contributed by atoms with Gasteiger partial charge in [-0.1, -0.05) is 19.3 Å². The Kier molecular flexibility index (Phi) is 5.41. The van der Waals surface area contributed by atoms with Crippen LogP contribution in [0.25, 0.3) is 0 Å². The van der Waals surface area contributed by atoms with Crippen molar-refractivity contribution in [3.8, 4) is 11.5 Å². The molecule has 1 amide bonds. The van der Waals surface area contributed by atoms with E-state index in [0.717, 1.165) is 18.9 Å². The molecule has 2 rings (SSSR count). The van der Waals surface area contributed by atoms with Gasteiger partial charge in [-0.15, -0.1) is 0 Å². The minimum atomic E-state index is -0.300. The number of aromatic hydroxyl groups is 2. The zero-order chi connectivity index (χ0) is 16.1. The van der Waals surface area contributed by atoms with Gasteiger partial charge in [-0.05, 0) is 30.9 Å². The molecule has 0 radical (unpaired) electrons. The molecule has 0 saturated heterocycles. The number of rotatable bonds is 5. The van der Waals surface area contributed by atoms with Crippen molar-refractivity contribution < 1.29 is 19.8 Å². The van der Waals surface area contributed by atoms with Gasteiger partial charge in [-0.2, -0.15) is 0 Å². The lowest BCUT2D eigenvalue weighted by Crippen LogP contribution is -2.33. The predicted octanol–water partition coefficient (Wildman–Crippen LogP) is 2.71. The van der Waals surface area contributed by atoms with E-state index in [9.17, 15) is 19.8 Å². The van der Waals surface area contributed by atoms with Gasteiger partial charge in [0, 0.05) is 25.1 Å². The molecule has 0 heterocycles. The number of nitrogens with zero attached hydrogens (tertiary/aromatic N) is 1. The summed E-state index contributed by atoms with van der Waals surface area (Å²) in [5.74, 6) is -0.224. The second-order valence-corrected chi connectivity index (χ2v) is 6.12. The molecule has 2 N–H and O–H groups in total. The maximum atomic E-state index is 12.2. The number of likely N-dealkylation sites (N-methyl/N-ethyl adjacent to an activating group) is 1. The molecule has 0 unspecified atom stereocenters. The van der Waals surface area contributed by atoms with E-state index in [0.29, 0.717) is 12.3 Å². The molecule has 22 heavy (non-hydrogen) atoms. The monoisotopic (exact) mass is 305 g/mol. The Labute approximate surface area is 130 Å². The van der Waals surface area contributed by atoms with Gasteiger partial charge < -0.3 is 15.1 Å². The summed E-state index contributed by atoms with van der Waals surface area (Å²) in [6.07, 6.45) is 6.29. The zero-order valence-electron chi connectivity index (χ0n) is 12.9. The Morgan fingerprint density at radius 1 is 1.09 bits per heavy atom. The lowest BCUT2D eigenvalue weighted by atomic mass is 9.86. The number of phenolic OH excluding ortho intramolecular Hbond substituents is 2. The Morgan fingerprint density at radius 3 is 2.27 bits per heavy atom. The van der Waals surface area contributed by atoms with Gasteiger partial charge in [0.05, 0.1) is 6.54 Å². The van der Waals surface area contributed by atoms with Gasteiger partial charge >= 0.3 is 0 Å². The molecule has 120 valence electrons. The molecule has 0 bridgehead atoms. The van der Waals surface area contributed by atoms with Crippen LogP contribution in [0, 0.1) is 5.92 Å². The first-order valence-electron chi connectivity index (χ1n) is 7.76. The van der Waals surface area contributed by atoms with Gasteiger partial charge in [-0.3, -0.25) is 9.59 Å². The highest BCUT2D eigenvalue weighted by Gasteiger charge is 2.21. The largest absolute Gasteiger partial charge is 0.508 e. The second-order valence-electron chi connectivity index (χ2n) is 6.12. The smallest absolute Gasteiger partial charge is 0.222 e. The second kappa shape index (κ2) is 7.29. The summed E-state index contributed by atoms with van der Waals surface area (Å²) < 4.78 is 0. The van der Waals surface area contributed by atoms with Crippen LogP contribution in [0.4, 0.5) is 0 Å². The maximum Gasteiger partial charge on any atom is 0.222 e. The first kappa shape index (κ1) is 16.3. The lowest BCUT2D eigenvalue weighted by Gasteiger charge is -2.24. The van der Waals surface area contributed by atoms with Crippen molar-refractivity contribution in [3.63, 3.8) is 0 Å². The van der Waals surface area contributed by atoms with Crippen molar-refractivity contribution in [3.05, 3.63) is 23.8 Å². The molecule has 1 aromatic rings. The van der Waals surface area contributed by atoms with Crippen molar-refractivity contribution in [2.45, 2.75) is 38.5 Å². The summed E-state index contributed by atoms with van der Waals surface area (Å²) >= 11 is 0. The fourth-order valence-corrected chi connectivity index (χ4v) is 2.95. The molecule has 0 atom stereocenters. The van der Waals surface area contributed by atoms with Crippen LogP contribution in [0.3, 0.4) is 0 Å². The van der Waals surface area contributed by atoms with Crippen LogP contribution >= 0.6 is 0 Å². The molecule has 5 heteroatoms. The molecule has 1 aliphatic rings. The van der Waals surface area contributed by atoms with E-state index in [-0.39, 0.29) is 35.3 Å². The quantitative estimate of drug-likeness (QED) is 0.820. The summed E-state index contributed by atoms with van der Waals surface area (Å²) in [7, 11) is 1.62. The summed E-state index contributed by atoms with van der Waals surface area (Å²) in [5.41, 5.74) is 0.204. The third-order valence-corrected chi connectivity index (χ3v) is 4.22. The molecule has 5 nitrogen and oxygen atoms in total. The fraction of sp³-hybridized carbons (Fsp3) is 0.529. The molecule has 1 fully saturated rings. The molecular formula is C17H23NO4. The van der Waals surface area contributed by atoms with E-state index in [4.69, 9.17) is 0 Å². The van der Waals surface area contributed by atoms with E-state index in [1.165, 1.54) is 36.3 Å². The molecule has 0 spiro atoms. The zero-order valence-corrected chi connectivity index (χ0v) is 12.9. The number of ketones is 1. The number of carbonyl (C=O) groups is 2. The highest BCUT2D eigenvalue weighted by molar-refractivity contribution is 5.99. The third kappa shape index (κ3) is 4.48. The average Bonchev–Trinajstić information content (AvgIpc) is 2.47. The Morgan fingerprint density at radius 2 is 1.68 bits per heavy atom. The number of benzene rings is 1. The van der Waals surface area contributed by atoms with Crippen LogP contribution in [0.1, 0.15) is 48.9 Å². The normalized spacial score (nSPS) is 15.5. The van der Waals surface area contributed by atoms with E-state index in [2.05, 4.69) is 0 Å². The first-order chi connectivity index (χ1) is 10.5. The van der Waals surface area contributed by atoms with Gasteiger partial charge in [0.2, 0.25) is 5.91 Å². The van der Waals surface area contributed by atoms with Crippen molar-refractivity contribution in [1.29, 1.82) is 0 Å². The average molecular weight is 305 g/mol. The van der Waals surface area contributed by atoms with Crippen molar-refractivity contribution in [2.75, 3.05) is 13.6 Å². The van der Waals surface area contributed by atoms with Gasteiger partial charge in [-0.25, -0.2) is 0 Å². The lowest BCUT2D eigenvalue weighted by molar-refractivity contribution is -0.130. The maximum absolute atomic E-state index is 12.2. The standard InChI is InChI=1S/C17H23NO4/c1-18(17(22)7-12-5-3-2-4-6-12)11-16(21)13-8-14(19)10-15(20)9-13/h8-10,12,19-20H,2-7,11H2,1H3. The van der Waals surface area contributed by atoms with Crippen molar-refractivity contribution >= 4 is 11.7 Å². The van der Waals surface area contributed by atoms with Gasteiger partial charge in [0.1, 0.15) is 11.5 Å². The molecular weight excluding hydrogens is 282 g/mol.